The fraction of sp³-hybridized carbons (Fsp3) is 0.250. The number of esters is 1. The minimum atomic E-state index is -0.427. The van der Waals surface area contributed by atoms with Crippen molar-refractivity contribution in [1.29, 1.82) is 0 Å². The summed E-state index contributed by atoms with van der Waals surface area (Å²) in [6, 6.07) is 14.2. The molecule has 0 fully saturated rings. The smallest absolute Gasteiger partial charge is 0.307 e. The first-order chi connectivity index (χ1) is 13.4. The number of amides is 1. The summed E-state index contributed by atoms with van der Waals surface area (Å²) in [6.45, 7) is 2.81. The lowest BCUT2D eigenvalue weighted by atomic mass is 10.2. The van der Waals surface area contributed by atoms with E-state index in [1.807, 2.05) is 30.3 Å². The molecule has 0 radical (unpaired) electrons. The number of benzene rings is 2. The first kappa shape index (κ1) is 22.1. The Morgan fingerprint density at radius 3 is 2.36 bits per heavy atom. The van der Waals surface area contributed by atoms with Crippen LogP contribution in [-0.2, 0) is 16.1 Å². The molecule has 2 aromatic carbocycles. The summed E-state index contributed by atoms with van der Waals surface area (Å²) in [5.41, 5.74) is 1.29. The summed E-state index contributed by atoms with van der Waals surface area (Å²) in [5, 5.41) is 3.59. The lowest BCUT2D eigenvalue weighted by Crippen LogP contribution is -2.43. The molecule has 0 spiro atoms. The molecule has 2 rings (SSSR count). The molecule has 2 aromatic rings. The lowest BCUT2D eigenvalue weighted by molar-refractivity contribution is -0.143. The normalized spacial score (nSPS) is 10.2. The number of ether oxygens (including phenoxy) is 1. The van der Waals surface area contributed by atoms with Crippen LogP contribution in [0.2, 0.25) is 10.0 Å². The largest absolute Gasteiger partial charge is 0.466 e. The van der Waals surface area contributed by atoms with Gasteiger partial charge in [0.25, 0.3) is 5.91 Å². The van der Waals surface area contributed by atoms with Crippen LogP contribution in [0.1, 0.15) is 29.3 Å². The second kappa shape index (κ2) is 11.0. The third kappa shape index (κ3) is 7.11. The van der Waals surface area contributed by atoms with Gasteiger partial charge < -0.3 is 9.64 Å². The molecule has 0 aliphatic carbocycles. The molecule has 1 amide bonds. The van der Waals surface area contributed by atoms with Crippen LogP contribution in [0.4, 0.5) is 0 Å². The molecular formula is C20H20Cl2N2O3S. The summed E-state index contributed by atoms with van der Waals surface area (Å²) < 4.78 is 4.97. The fourth-order valence-corrected chi connectivity index (χ4v) is 3.22. The predicted molar refractivity (Wildman–Crippen MR) is 115 cm³/mol. The van der Waals surface area contributed by atoms with Crippen LogP contribution in [0.5, 0.6) is 0 Å². The maximum absolute atomic E-state index is 12.5. The van der Waals surface area contributed by atoms with Crippen molar-refractivity contribution in [3.63, 3.8) is 0 Å². The van der Waals surface area contributed by atoms with Crippen molar-refractivity contribution in [2.24, 2.45) is 0 Å². The van der Waals surface area contributed by atoms with Gasteiger partial charge in [0.15, 0.2) is 5.11 Å². The van der Waals surface area contributed by atoms with Gasteiger partial charge in [-0.25, -0.2) is 0 Å². The maximum Gasteiger partial charge on any atom is 0.307 e. The SMILES string of the molecule is CCOC(=O)CCN(Cc1ccccc1)C(=S)NC(=O)c1cc(Cl)cc(Cl)c1. The highest BCUT2D eigenvalue weighted by atomic mass is 35.5. The molecular weight excluding hydrogens is 419 g/mol. The number of carbonyl (C=O) groups is 2. The van der Waals surface area contributed by atoms with Crippen LogP contribution in [0, 0.1) is 0 Å². The van der Waals surface area contributed by atoms with E-state index in [9.17, 15) is 9.59 Å². The molecule has 0 bridgehead atoms. The van der Waals surface area contributed by atoms with Crippen LogP contribution in [0.15, 0.2) is 48.5 Å². The minimum absolute atomic E-state index is 0.152. The van der Waals surface area contributed by atoms with E-state index in [1.54, 1.807) is 17.9 Å². The van der Waals surface area contributed by atoms with E-state index in [0.717, 1.165) is 5.56 Å². The van der Waals surface area contributed by atoms with Crippen molar-refractivity contribution in [1.82, 2.24) is 10.2 Å². The average Bonchev–Trinajstić information content (AvgIpc) is 2.65. The van der Waals surface area contributed by atoms with E-state index >= 15 is 0 Å². The summed E-state index contributed by atoms with van der Waals surface area (Å²) >= 11 is 17.3. The van der Waals surface area contributed by atoms with E-state index in [2.05, 4.69) is 5.32 Å². The minimum Gasteiger partial charge on any atom is -0.466 e. The molecule has 148 valence electrons. The number of halogens is 2. The Balaban J connectivity index is 2.10. The molecule has 5 nitrogen and oxygen atoms in total. The Labute approximate surface area is 179 Å². The van der Waals surface area contributed by atoms with Gasteiger partial charge in [0, 0.05) is 28.7 Å². The highest BCUT2D eigenvalue weighted by molar-refractivity contribution is 7.80. The van der Waals surface area contributed by atoms with Crippen LogP contribution in [-0.4, -0.2) is 35.0 Å². The van der Waals surface area contributed by atoms with E-state index in [4.69, 9.17) is 40.2 Å². The number of nitrogens with zero attached hydrogens (tertiary/aromatic N) is 1. The Kier molecular flexibility index (Phi) is 8.70. The number of nitrogens with one attached hydrogen (secondary N) is 1. The molecule has 0 unspecified atom stereocenters. The van der Waals surface area contributed by atoms with Crippen LogP contribution >= 0.6 is 35.4 Å². The van der Waals surface area contributed by atoms with Gasteiger partial charge in [0.1, 0.15) is 0 Å². The molecule has 8 heteroatoms. The van der Waals surface area contributed by atoms with Crippen LogP contribution in [0.3, 0.4) is 0 Å². The molecule has 1 N–H and O–H groups in total. The van der Waals surface area contributed by atoms with Crippen LogP contribution < -0.4 is 5.32 Å². The second-order valence-electron chi connectivity index (χ2n) is 5.88. The number of hydrogen-bond acceptors (Lipinski definition) is 4. The third-order valence-electron chi connectivity index (χ3n) is 3.74. The van der Waals surface area contributed by atoms with Gasteiger partial charge in [-0.15, -0.1) is 0 Å². The molecule has 0 heterocycles. The van der Waals surface area contributed by atoms with Crippen molar-refractivity contribution in [3.05, 3.63) is 69.7 Å². The van der Waals surface area contributed by atoms with Gasteiger partial charge in [-0.1, -0.05) is 53.5 Å². The van der Waals surface area contributed by atoms with Gasteiger partial charge in [0.2, 0.25) is 0 Å². The van der Waals surface area contributed by atoms with Gasteiger partial charge in [0.05, 0.1) is 13.0 Å². The average molecular weight is 439 g/mol. The van der Waals surface area contributed by atoms with E-state index in [1.165, 1.54) is 12.1 Å². The van der Waals surface area contributed by atoms with E-state index in [-0.39, 0.29) is 17.5 Å². The molecule has 0 aromatic heterocycles. The van der Waals surface area contributed by atoms with Gasteiger partial charge >= 0.3 is 5.97 Å². The summed E-state index contributed by atoms with van der Waals surface area (Å²) in [7, 11) is 0. The predicted octanol–water partition coefficient (Wildman–Crippen LogP) is 4.46. The molecule has 28 heavy (non-hydrogen) atoms. The lowest BCUT2D eigenvalue weighted by Gasteiger charge is -2.25. The van der Waals surface area contributed by atoms with Crippen molar-refractivity contribution in [2.45, 2.75) is 19.9 Å². The maximum atomic E-state index is 12.5. The molecule has 0 saturated carbocycles. The Morgan fingerprint density at radius 2 is 1.75 bits per heavy atom. The van der Waals surface area contributed by atoms with Gasteiger partial charge in [-0.2, -0.15) is 0 Å². The first-order valence-electron chi connectivity index (χ1n) is 8.65. The molecule has 0 aliphatic heterocycles. The Hall–Kier alpha value is -2.15. The number of hydrogen-bond donors (Lipinski definition) is 1. The zero-order valence-corrected chi connectivity index (χ0v) is 17.6. The number of rotatable bonds is 7. The standard InChI is InChI=1S/C20H20Cl2N2O3S/c1-2-27-18(25)8-9-24(13-14-6-4-3-5-7-14)20(28)23-19(26)15-10-16(21)12-17(22)11-15/h3-7,10-12H,2,8-9,13H2,1H3,(H,23,26,28). The van der Waals surface area contributed by atoms with Crippen molar-refractivity contribution < 1.29 is 14.3 Å². The molecule has 0 aliphatic rings. The monoisotopic (exact) mass is 438 g/mol. The topological polar surface area (TPSA) is 58.6 Å². The Bertz CT molecular complexity index is 826. The van der Waals surface area contributed by atoms with Crippen molar-refractivity contribution in [2.75, 3.05) is 13.2 Å². The summed E-state index contributed by atoms with van der Waals surface area (Å²) in [6.07, 6.45) is 0.152. The first-order valence-corrected chi connectivity index (χ1v) is 9.81. The van der Waals surface area contributed by atoms with Crippen molar-refractivity contribution >= 4 is 52.4 Å². The zero-order valence-electron chi connectivity index (χ0n) is 15.3. The van der Waals surface area contributed by atoms with Gasteiger partial charge in [-0.05, 0) is 42.9 Å². The van der Waals surface area contributed by atoms with Crippen molar-refractivity contribution in [3.8, 4) is 0 Å². The Morgan fingerprint density at radius 1 is 1.11 bits per heavy atom. The quantitative estimate of drug-likeness (QED) is 0.510. The molecule has 0 saturated heterocycles. The zero-order chi connectivity index (χ0) is 20.5. The number of carbonyl (C=O) groups excluding carboxylic acids is 2. The van der Waals surface area contributed by atoms with Gasteiger partial charge in [-0.3, -0.25) is 14.9 Å². The fourth-order valence-electron chi connectivity index (χ4n) is 2.45. The summed E-state index contributed by atoms with van der Waals surface area (Å²) in [5.74, 6) is -0.750. The third-order valence-corrected chi connectivity index (χ3v) is 4.54. The van der Waals surface area contributed by atoms with Crippen LogP contribution in [0.25, 0.3) is 0 Å². The van der Waals surface area contributed by atoms with E-state index in [0.29, 0.717) is 35.3 Å². The van der Waals surface area contributed by atoms with E-state index < -0.39 is 5.91 Å². The summed E-state index contributed by atoms with van der Waals surface area (Å²) in [4.78, 5) is 26.0. The second-order valence-corrected chi connectivity index (χ2v) is 7.14. The number of thiocarbonyl (C=S) groups is 1. The highest BCUT2D eigenvalue weighted by Crippen LogP contribution is 2.19. The molecule has 0 atom stereocenters. The highest BCUT2D eigenvalue weighted by Gasteiger charge is 2.17.